The van der Waals surface area contributed by atoms with Gasteiger partial charge in [-0.2, -0.15) is 0 Å². The molecule has 1 aliphatic rings. The molecule has 1 N–H and O–H groups in total. The SMILES string of the molecule is C=C(CN1CCN(C)CC1)C(=O)CC[C@H](Cc1ccccc1)NC(=O)[C@@H](CC(=O)CCC)Cc1nc2ccc(Cl)cc2s1. The molecule has 1 aliphatic heterocycles. The number of ketones is 2. The van der Waals surface area contributed by atoms with E-state index in [1.54, 1.807) is 6.07 Å². The summed E-state index contributed by atoms with van der Waals surface area (Å²) in [4.78, 5) is 48.9. The van der Waals surface area contributed by atoms with Crippen LogP contribution in [0.15, 0.2) is 60.7 Å². The highest BCUT2D eigenvalue weighted by atomic mass is 35.5. The molecule has 1 fully saturated rings. The van der Waals surface area contributed by atoms with Crippen molar-refractivity contribution in [3.05, 3.63) is 76.3 Å². The Labute approximate surface area is 264 Å². The number of halogens is 1. The fourth-order valence-corrected chi connectivity index (χ4v) is 6.77. The monoisotopic (exact) mass is 622 g/mol. The minimum Gasteiger partial charge on any atom is -0.353 e. The van der Waals surface area contributed by atoms with Gasteiger partial charge in [0.2, 0.25) is 5.91 Å². The van der Waals surface area contributed by atoms with Gasteiger partial charge in [-0.1, -0.05) is 55.4 Å². The van der Waals surface area contributed by atoms with Crippen molar-refractivity contribution in [1.29, 1.82) is 0 Å². The van der Waals surface area contributed by atoms with Crippen molar-refractivity contribution in [3.8, 4) is 0 Å². The number of fused-ring (bicyclic) bond motifs is 1. The van der Waals surface area contributed by atoms with E-state index in [-0.39, 0.29) is 29.9 Å². The molecule has 0 saturated carbocycles. The van der Waals surface area contributed by atoms with E-state index >= 15 is 0 Å². The fraction of sp³-hybridized carbons (Fsp3) is 0.471. The molecule has 0 spiro atoms. The second-order valence-electron chi connectivity index (χ2n) is 11.7. The number of amides is 1. The van der Waals surface area contributed by atoms with Gasteiger partial charge in [0.25, 0.3) is 0 Å². The summed E-state index contributed by atoms with van der Waals surface area (Å²) in [5.74, 6) is -0.613. The largest absolute Gasteiger partial charge is 0.353 e. The van der Waals surface area contributed by atoms with Crippen molar-refractivity contribution < 1.29 is 14.4 Å². The van der Waals surface area contributed by atoms with Gasteiger partial charge in [-0.05, 0) is 50.1 Å². The smallest absolute Gasteiger partial charge is 0.224 e. The van der Waals surface area contributed by atoms with Gasteiger partial charge in [-0.25, -0.2) is 4.98 Å². The van der Waals surface area contributed by atoms with E-state index in [4.69, 9.17) is 16.6 Å². The third-order valence-corrected chi connectivity index (χ3v) is 9.26. The van der Waals surface area contributed by atoms with Gasteiger partial charge < -0.3 is 10.2 Å². The maximum absolute atomic E-state index is 13.8. The first-order valence-electron chi connectivity index (χ1n) is 15.2. The zero-order chi connectivity index (χ0) is 30.8. The van der Waals surface area contributed by atoms with E-state index in [0.29, 0.717) is 49.2 Å². The van der Waals surface area contributed by atoms with Crippen LogP contribution in [-0.4, -0.2) is 78.1 Å². The lowest BCUT2D eigenvalue weighted by atomic mass is 9.94. The number of aromatic nitrogens is 1. The van der Waals surface area contributed by atoms with Gasteiger partial charge in [0.15, 0.2) is 5.78 Å². The second-order valence-corrected chi connectivity index (χ2v) is 13.2. The van der Waals surface area contributed by atoms with Gasteiger partial charge in [0.05, 0.1) is 21.1 Å². The van der Waals surface area contributed by atoms with Crippen LogP contribution in [0, 0.1) is 5.92 Å². The Morgan fingerprint density at radius 3 is 2.51 bits per heavy atom. The Morgan fingerprint density at radius 1 is 1.05 bits per heavy atom. The summed E-state index contributed by atoms with van der Waals surface area (Å²) in [6.45, 7) is 10.5. The van der Waals surface area contributed by atoms with Crippen LogP contribution < -0.4 is 5.32 Å². The number of rotatable bonds is 16. The minimum atomic E-state index is -0.545. The van der Waals surface area contributed by atoms with Crippen LogP contribution in [0.3, 0.4) is 0 Å². The molecule has 1 saturated heterocycles. The van der Waals surface area contributed by atoms with Crippen LogP contribution in [0.25, 0.3) is 10.2 Å². The molecule has 3 aromatic rings. The lowest BCUT2D eigenvalue weighted by Gasteiger charge is -2.32. The number of nitrogens with one attached hydrogen (secondary N) is 1. The third kappa shape index (κ3) is 10.3. The highest BCUT2D eigenvalue weighted by Crippen LogP contribution is 2.28. The molecule has 0 unspecified atom stereocenters. The molecule has 0 radical (unpaired) electrons. The molecule has 230 valence electrons. The number of nitrogens with zero attached hydrogens (tertiary/aromatic N) is 3. The maximum Gasteiger partial charge on any atom is 0.224 e. The number of Topliss-reactive ketones (excluding diaryl/α,β-unsaturated/α-hetero) is 2. The van der Waals surface area contributed by atoms with E-state index in [1.807, 2.05) is 49.4 Å². The van der Waals surface area contributed by atoms with Crippen LogP contribution in [0.2, 0.25) is 5.02 Å². The van der Waals surface area contributed by atoms with E-state index in [9.17, 15) is 14.4 Å². The topological polar surface area (TPSA) is 82.6 Å². The highest BCUT2D eigenvalue weighted by Gasteiger charge is 2.27. The molecule has 2 atom stereocenters. The Bertz CT molecular complexity index is 1400. The zero-order valence-electron chi connectivity index (χ0n) is 25.3. The molecule has 2 aromatic carbocycles. The molecule has 0 aliphatic carbocycles. The number of carbonyl (C=O) groups excluding carboxylic acids is 3. The summed E-state index contributed by atoms with van der Waals surface area (Å²) in [6, 6.07) is 15.3. The summed E-state index contributed by atoms with van der Waals surface area (Å²) >= 11 is 7.68. The summed E-state index contributed by atoms with van der Waals surface area (Å²) < 4.78 is 0.957. The highest BCUT2D eigenvalue weighted by molar-refractivity contribution is 7.18. The molecule has 1 amide bonds. The van der Waals surface area contributed by atoms with Crippen LogP contribution in [0.4, 0.5) is 0 Å². The van der Waals surface area contributed by atoms with Crippen molar-refractivity contribution >= 4 is 50.6 Å². The average Bonchev–Trinajstić information content (AvgIpc) is 3.38. The fourth-order valence-electron chi connectivity index (χ4n) is 5.45. The van der Waals surface area contributed by atoms with Crippen molar-refractivity contribution in [2.75, 3.05) is 39.8 Å². The molecular weight excluding hydrogens is 580 g/mol. The molecule has 1 aromatic heterocycles. The number of hydrogen-bond acceptors (Lipinski definition) is 7. The van der Waals surface area contributed by atoms with E-state index in [0.717, 1.165) is 53.4 Å². The summed E-state index contributed by atoms with van der Waals surface area (Å²) in [5.41, 5.74) is 2.53. The number of piperazine rings is 1. The number of likely N-dealkylation sites (N-methyl/N-ethyl adjacent to an activating group) is 1. The minimum absolute atomic E-state index is 0.0362. The standard InChI is InChI=1S/C34H43ClN4O3S/c1-4-8-29(40)20-26(21-33-37-30-13-11-27(35)22-32(30)43-33)34(42)36-28(19-25-9-6-5-7-10-25)12-14-31(41)24(2)23-39-17-15-38(3)16-18-39/h5-7,9-11,13,22,26,28H,2,4,8,12,14-21,23H2,1,3H3,(H,36,42)/t26-,28+/m0/s1. The molecule has 7 nitrogen and oxygen atoms in total. The van der Waals surface area contributed by atoms with Crippen molar-refractivity contribution in [2.24, 2.45) is 5.92 Å². The number of carbonyl (C=O) groups is 3. The molecule has 4 rings (SSSR count). The van der Waals surface area contributed by atoms with Crippen molar-refractivity contribution in [3.63, 3.8) is 0 Å². The average molecular weight is 623 g/mol. The predicted octanol–water partition coefficient (Wildman–Crippen LogP) is 5.75. The predicted molar refractivity (Wildman–Crippen MR) is 176 cm³/mol. The number of benzene rings is 2. The molecular formula is C34H43ClN4O3S. The Morgan fingerprint density at radius 2 is 1.79 bits per heavy atom. The van der Waals surface area contributed by atoms with Gasteiger partial charge >= 0.3 is 0 Å². The van der Waals surface area contributed by atoms with Crippen LogP contribution >= 0.6 is 22.9 Å². The summed E-state index contributed by atoms with van der Waals surface area (Å²) in [7, 11) is 2.11. The second kappa shape index (κ2) is 16.2. The quantitative estimate of drug-likeness (QED) is 0.205. The van der Waals surface area contributed by atoms with Gasteiger partial charge in [-0.15, -0.1) is 11.3 Å². The van der Waals surface area contributed by atoms with Crippen molar-refractivity contribution in [2.45, 2.75) is 57.9 Å². The van der Waals surface area contributed by atoms with Gasteiger partial charge in [0, 0.05) is 75.0 Å². The third-order valence-electron chi connectivity index (χ3n) is 7.99. The maximum atomic E-state index is 13.8. The Kier molecular flexibility index (Phi) is 12.5. The first-order chi connectivity index (χ1) is 20.7. The molecule has 9 heteroatoms. The first-order valence-corrected chi connectivity index (χ1v) is 16.4. The van der Waals surface area contributed by atoms with Crippen LogP contribution in [0.1, 0.15) is 49.6 Å². The van der Waals surface area contributed by atoms with Crippen LogP contribution in [0.5, 0.6) is 0 Å². The number of hydrogen-bond donors (Lipinski definition) is 1. The summed E-state index contributed by atoms with van der Waals surface area (Å²) in [6.07, 6.45) is 3.12. The molecule has 0 bridgehead atoms. The zero-order valence-corrected chi connectivity index (χ0v) is 26.9. The summed E-state index contributed by atoms with van der Waals surface area (Å²) in [5, 5.41) is 4.66. The van der Waals surface area contributed by atoms with Gasteiger partial charge in [-0.3, -0.25) is 19.3 Å². The number of thiazole rings is 1. The van der Waals surface area contributed by atoms with Gasteiger partial charge in [0.1, 0.15) is 5.78 Å². The van der Waals surface area contributed by atoms with E-state index in [1.165, 1.54) is 11.3 Å². The first kappa shape index (κ1) is 33.0. The Balaban J connectivity index is 1.44. The van der Waals surface area contributed by atoms with Crippen molar-refractivity contribution in [1.82, 2.24) is 20.1 Å². The lowest BCUT2D eigenvalue weighted by Crippen LogP contribution is -2.45. The molecule has 43 heavy (non-hydrogen) atoms. The lowest BCUT2D eigenvalue weighted by molar-refractivity contribution is -0.130. The Hall–Kier alpha value is -2.91. The van der Waals surface area contributed by atoms with Crippen LogP contribution in [-0.2, 0) is 27.2 Å². The molecule has 2 heterocycles. The van der Waals surface area contributed by atoms with E-state index in [2.05, 4.69) is 28.7 Å². The van der Waals surface area contributed by atoms with E-state index < -0.39 is 5.92 Å². The normalized spacial score (nSPS) is 15.7.